The molecule has 0 bridgehead atoms. The van der Waals surface area contributed by atoms with E-state index in [4.69, 9.17) is 16.3 Å². The fraction of sp³-hybridized carbons (Fsp3) is 0.217. The molecule has 0 radical (unpaired) electrons. The summed E-state index contributed by atoms with van der Waals surface area (Å²) in [5, 5.41) is 0.189. The van der Waals surface area contributed by atoms with E-state index in [9.17, 15) is 13.2 Å². The summed E-state index contributed by atoms with van der Waals surface area (Å²) in [5.74, 6) is 0.422. The summed E-state index contributed by atoms with van der Waals surface area (Å²) in [6.45, 7) is 1.35. The van der Waals surface area contributed by atoms with Gasteiger partial charge in [0.15, 0.2) is 0 Å². The van der Waals surface area contributed by atoms with Crippen LogP contribution in [0.5, 0.6) is 5.75 Å². The van der Waals surface area contributed by atoms with Crippen molar-refractivity contribution in [3.05, 3.63) is 89.2 Å². The van der Waals surface area contributed by atoms with Crippen molar-refractivity contribution in [2.75, 3.05) is 26.2 Å². The maximum Gasteiger partial charge on any atom is 0.254 e. The minimum Gasteiger partial charge on any atom is -0.489 e. The van der Waals surface area contributed by atoms with Gasteiger partial charge in [-0.1, -0.05) is 35.9 Å². The molecule has 1 aromatic heterocycles. The van der Waals surface area contributed by atoms with Crippen molar-refractivity contribution in [2.45, 2.75) is 11.5 Å². The lowest BCUT2D eigenvalue weighted by molar-refractivity contribution is 0.0697. The van der Waals surface area contributed by atoms with Crippen LogP contribution in [0.3, 0.4) is 0 Å². The molecule has 9 heteroatoms. The third kappa shape index (κ3) is 4.93. The third-order valence-corrected chi connectivity index (χ3v) is 7.59. The van der Waals surface area contributed by atoms with Gasteiger partial charge in [-0.25, -0.2) is 8.42 Å². The Labute approximate surface area is 192 Å². The van der Waals surface area contributed by atoms with E-state index in [1.807, 2.05) is 12.1 Å². The number of ether oxygens (including phenoxy) is 1. The fourth-order valence-corrected chi connectivity index (χ4v) is 5.39. The van der Waals surface area contributed by atoms with Crippen LogP contribution in [0.1, 0.15) is 15.9 Å². The largest absolute Gasteiger partial charge is 0.489 e. The highest BCUT2D eigenvalue weighted by Gasteiger charge is 2.31. The maximum absolute atomic E-state index is 13.0. The SMILES string of the molecule is O=C(c1cccc(OCc2cccnc2)c1)N1CCN(S(=O)(=O)c2ccccc2Cl)CC1. The van der Waals surface area contributed by atoms with Crippen molar-refractivity contribution < 1.29 is 17.9 Å². The van der Waals surface area contributed by atoms with Crippen LogP contribution in [0.25, 0.3) is 0 Å². The van der Waals surface area contributed by atoms with Gasteiger partial charge in [-0.05, 0) is 36.4 Å². The van der Waals surface area contributed by atoms with Gasteiger partial charge in [0.25, 0.3) is 5.91 Å². The molecule has 166 valence electrons. The van der Waals surface area contributed by atoms with Gasteiger partial charge in [-0.3, -0.25) is 9.78 Å². The van der Waals surface area contributed by atoms with Crippen LogP contribution in [0.2, 0.25) is 5.02 Å². The number of rotatable bonds is 6. The van der Waals surface area contributed by atoms with Crippen LogP contribution in [0, 0.1) is 0 Å². The number of piperazine rings is 1. The highest BCUT2D eigenvalue weighted by atomic mass is 35.5. The normalized spacial score (nSPS) is 14.8. The number of aromatic nitrogens is 1. The van der Waals surface area contributed by atoms with E-state index in [2.05, 4.69) is 4.98 Å². The second-order valence-corrected chi connectivity index (χ2v) is 9.62. The summed E-state index contributed by atoms with van der Waals surface area (Å²) in [7, 11) is -3.71. The molecule has 1 fully saturated rings. The Morgan fingerprint density at radius 1 is 1.00 bits per heavy atom. The zero-order valence-corrected chi connectivity index (χ0v) is 18.8. The maximum atomic E-state index is 13.0. The van der Waals surface area contributed by atoms with Crippen molar-refractivity contribution in [3.8, 4) is 5.75 Å². The van der Waals surface area contributed by atoms with Crippen LogP contribution < -0.4 is 4.74 Å². The Balaban J connectivity index is 1.39. The standard InChI is InChI=1S/C23H22ClN3O4S/c24-21-8-1-2-9-22(21)32(29,30)27-13-11-26(12-14-27)23(28)19-6-3-7-20(15-19)31-17-18-5-4-10-25-16-18/h1-10,15-16H,11-14,17H2. The highest BCUT2D eigenvalue weighted by Crippen LogP contribution is 2.25. The molecule has 2 aromatic carbocycles. The first kappa shape index (κ1) is 22.3. The van der Waals surface area contributed by atoms with Crippen molar-refractivity contribution in [1.82, 2.24) is 14.2 Å². The van der Waals surface area contributed by atoms with E-state index in [0.29, 0.717) is 31.0 Å². The summed E-state index contributed by atoms with van der Waals surface area (Å²) < 4.78 is 33.0. The van der Waals surface area contributed by atoms with Gasteiger partial charge in [0.2, 0.25) is 10.0 Å². The Kier molecular flexibility index (Phi) is 6.74. The Morgan fingerprint density at radius 3 is 2.50 bits per heavy atom. The third-order valence-electron chi connectivity index (χ3n) is 5.19. The second kappa shape index (κ2) is 9.68. The molecule has 0 saturated carbocycles. The van der Waals surface area contributed by atoms with Gasteiger partial charge in [-0.15, -0.1) is 0 Å². The molecule has 0 atom stereocenters. The topological polar surface area (TPSA) is 79.8 Å². The van der Waals surface area contributed by atoms with Crippen LogP contribution in [0.15, 0.2) is 78.0 Å². The van der Waals surface area contributed by atoms with Crippen LogP contribution >= 0.6 is 11.6 Å². The van der Waals surface area contributed by atoms with Gasteiger partial charge in [-0.2, -0.15) is 4.31 Å². The Bertz CT molecular complexity index is 1200. The lowest BCUT2D eigenvalue weighted by Gasteiger charge is -2.34. The Hall–Kier alpha value is -2.94. The zero-order valence-electron chi connectivity index (χ0n) is 17.2. The minimum absolute atomic E-state index is 0.0832. The zero-order chi connectivity index (χ0) is 22.6. The average molecular weight is 472 g/mol. The first-order chi connectivity index (χ1) is 15.4. The summed E-state index contributed by atoms with van der Waals surface area (Å²) in [5.41, 5.74) is 1.43. The van der Waals surface area contributed by atoms with E-state index < -0.39 is 10.0 Å². The first-order valence-corrected chi connectivity index (χ1v) is 11.9. The number of carbonyl (C=O) groups excluding carboxylic acids is 1. The molecular weight excluding hydrogens is 450 g/mol. The van der Waals surface area contributed by atoms with Crippen LogP contribution in [-0.4, -0.2) is 54.7 Å². The molecule has 2 heterocycles. The van der Waals surface area contributed by atoms with Crippen molar-refractivity contribution in [2.24, 2.45) is 0 Å². The van der Waals surface area contributed by atoms with Crippen molar-refractivity contribution in [3.63, 3.8) is 0 Å². The fourth-order valence-electron chi connectivity index (χ4n) is 3.48. The number of hydrogen-bond acceptors (Lipinski definition) is 5. The smallest absolute Gasteiger partial charge is 0.254 e. The first-order valence-electron chi connectivity index (χ1n) is 10.1. The van der Waals surface area contributed by atoms with Gasteiger partial charge in [0.1, 0.15) is 17.3 Å². The number of pyridine rings is 1. The molecule has 0 spiro atoms. The van der Waals surface area contributed by atoms with E-state index in [1.165, 1.54) is 10.4 Å². The molecule has 0 N–H and O–H groups in total. The number of nitrogens with zero attached hydrogens (tertiary/aromatic N) is 3. The lowest BCUT2D eigenvalue weighted by Crippen LogP contribution is -2.50. The second-order valence-electron chi connectivity index (χ2n) is 7.30. The number of hydrogen-bond donors (Lipinski definition) is 0. The molecule has 1 amide bonds. The number of benzene rings is 2. The minimum atomic E-state index is -3.71. The quantitative estimate of drug-likeness (QED) is 0.550. The molecule has 1 saturated heterocycles. The van der Waals surface area contributed by atoms with E-state index >= 15 is 0 Å². The summed E-state index contributed by atoms with van der Waals surface area (Å²) in [6.07, 6.45) is 3.42. The predicted octanol–water partition coefficient (Wildman–Crippen LogP) is 3.46. The van der Waals surface area contributed by atoms with E-state index in [1.54, 1.807) is 59.8 Å². The molecule has 1 aliphatic heterocycles. The monoisotopic (exact) mass is 471 g/mol. The summed E-state index contributed by atoms with van der Waals surface area (Å²) >= 11 is 6.08. The van der Waals surface area contributed by atoms with Crippen LogP contribution in [-0.2, 0) is 16.6 Å². The molecule has 32 heavy (non-hydrogen) atoms. The number of amides is 1. The highest BCUT2D eigenvalue weighted by molar-refractivity contribution is 7.89. The molecular formula is C23H22ClN3O4S. The predicted molar refractivity (Wildman–Crippen MR) is 121 cm³/mol. The van der Waals surface area contributed by atoms with Crippen molar-refractivity contribution in [1.29, 1.82) is 0 Å². The molecule has 0 aliphatic carbocycles. The van der Waals surface area contributed by atoms with Gasteiger partial charge >= 0.3 is 0 Å². The van der Waals surface area contributed by atoms with Crippen LogP contribution in [0.4, 0.5) is 0 Å². The van der Waals surface area contributed by atoms with E-state index in [0.717, 1.165) is 5.56 Å². The molecule has 4 rings (SSSR count). The number of carbonyl (C=O) groups is 1. The number of halogens is 1. The van der Waals surface area contributed by atoms with E-state index in [-0.39, 0.29) is 28.9 Å². The average Bonchev–Trinajstić information content (AvgIpc) is 2.83. The van der Waals surface area contributed by atoms with Gasteiger partial charge in [0.05, 0.1) is 5.02 Å². The van der Waals surface area contributed by atoms with Gasteiger partial charge in [0, 0.05) is 49.7 Å². The molecule has 1 aliphatic rings. The van der Waals surface area contributed by atoms with Crippen molar-refractivity contribution >= 4 is 27.5 Å². The Morgan fingerprint density at radius 2 is 1.78 bits per heavy atom. The lowest BCUT2D eigenvalue weighted by atomic mass is 10.1. The molecule has 0 unspecified atom stereocenters. The molecule has 3 aromatic rings. The summed E-state index contributed by atoms with van der Waals surface area (Å²) in [6, 6.07) is 17.1. The van der Waals surface area contributed by atoms with Gasteiger partial charge < -0.3 is 9.64 Å². The number of sulfonamides is 1. The summed E-state index contributed by atoms with van der Waals surface area (Å²) in [4.78, 5) is 18.8. The molecule has 7 nitrogen and oxygen atoms in total.